The highest BCUT2D eigenvalue weighted by Gasteiger charge is 2.61. The Labute approximate surface area is 140 Å². The van der Waals surface area contributed by atoms with Gasteiger partial charge in [0.25, 0.3) is 16.6 Å². The Hall–Kier alpha value is -2.21. The third-order valence-electron chi connectivity index (χ3n) is 4.02. The van der Waals surface area contributed by atoms with Crippen LogP contribution in [-0.2, 0) is 19.4 Å². The molecule has 1 aromatic rings. The quantitative estimate of drug-likeness (QED) is 0.636. The van der Waals surface area contributed by atoms with Crippen LogP contribution in [-0.4, -0.2) is 48.6 Å². The van der Waals surface area contributed by atoms with Crippen LogP contribution in [0.4, 0.5) is 0 Å². The molecule has 0 saturated heterocycles. The molecule has 24 heavy (non-hydrogen) atoms. The van der Waals surface area contributed by atoms with E-state index in [2.05, 4.69) is 0 Å². The summed E-state index contributed by atoms with van der Waals surface area (Å²) in [5.41, 5.74) is -0.104. The second kappa shape index (κ2) is 6.02. The van der Waals surface area contributed by atoms with Crippen molar-refractivity contribution < 1.29 is 23.1 Å². The van der Waals surface area contributed by atoms with E-state index in [1.165, 1.54) is 38.2 Å². The standard InChI is InChI=1S/C16H18N2O5S/c1-4-23-16(20)10-12(2)15(11-17,14(19)18(16)3)24(21,22)13-8-6-5-7-9-13/h5-10,20H,4H2,1-3H3. The van der Waals surface area contributed by atoms with Crippen LogP contribution >= 0.6 is 0 Å². The molecular weight excluding hydrogens is 332 g/mol. The van der Waals surface area contributed by atoms with Gasteiger partial charge in [0.05, 0.1) is 4.90 Å². The molecule has 0 radical (unpaired) electrons. The van der Waals surface area contributed by atoms with Gasteiger partial charge in [0.1, 0.15) is 6.07 Å². The molecule has 1 aliphatic rings. The van der Waals surface area contributed by atoms with Crippen molar-refractivity contribution in [3.63, 3.8) is 0 Å². The normalized spacial score (nSPS) is 27.5. The summed E-state index contributed by atoms with van der Waals surface area (Å²) >= 11 is 0. The van der Waals surface area contributed by atoms with E-state index in [4.69, 9.17) is 4.74 Å². The molecule has 2 unspecified atom stereocenters. The number of amides is 1. The maximum absolute atomic E-state index is 13.0. The number of benzene rings is 1. The lowest BCUT2D eigenvalue weighted by atomic mass is 9.94. The molecule has 0 aromatic heterocycles. The summed E-state index contributed by atoms with van der Waals surface area (Å²) in [6.45, 7) is 3.02. The minimum absolute atomic E-state index is 0.0862. The van der Waals surface area contributed by atoms with Gasteiger partial charge in [-0.25, -0.2) is 8.42 Å². The van der Waals surface area contributed by atoms with E-state index in [-0.39, 0.29) is 17.1 Å². The first kappa shape index (κ1) is 18.1. The number of aliphatic hydroxyl groups is 1. The Balaban J connectivity index is 2.75. The van der Waals surface area contributed by atoms with E-state index in [1.54, 1.807) is 19.1 Å². The molecule has 0 bridgehead atoms. The van der Waals surface area contributed by atoms with Crippen molar-refractivity contribution in [3.05, 3.63) is 42.0 Å². The molecule has 0 spiro atoms. The van der Waals surface area contributed by atoms with Crippen LogP contribution in [0, 0.1) is 11.3 Å². The molecule has 0 fully saturated rings. The van der Waals surface area contributed by atoms with Crippen LogP contribution in [0.1, 0.15) is 13.8 Å². The van der Waals surface area contributed by atoms with E-state index in [1.807, 2.05) is 0 Å². The van der Waals surface area contributed by atoms with Gasteiger partial charge in [-0.05, 0) is 37.6 Å². The average Bonchev–Trinajstić information content (AvgIpc) is 2.54. The number of nitrogens with zero attached hydrogens (tertiary/aromatic N) is 2. The first-order valence-corrected chi connectivity index (χ1v) is 8.71. The van der Waals surface area contributed by atoms with Gasteiger partial charge >= 0.3 is 0 Å². The largest absolute Gasteiger partial charge is 0.345 e. The number of rotatable bonds is 4. The Morgan fingerprint density at radius 2 is 1.92 bits per heavy atom. The lowest BCUT2D eigenvalue weighted by Gasteiger charge is -2.43. The maximum Gasteiger partial charge on any atom is 0.272 e. The van der Waals surface area contributed by atoms with Crippen molar-refractivity contribution >= 4 is 15.7 Å². The first-order chi connectivity index (χ1) is 11.2. The highest BCUT2D eigenvalue weighted by molar-refractivity contribution is 7.94. The summed E-state index contributed by atoms with van der Waals surface area (Å²) in [7, 11) is -3.17. The lowest BCUT2D eigenvalue weighted by Crippen LogP contribution is -2.64. The molecule has 1 heterocycles. The van der Waals surface area contributed by atoms with Crippen LogP contribution in [0.5, 0.6) is 0 Å². The zero-order valence-electron chi connectivity index (χ0n) is 13.6. The summed E-state index contributed by atoms with van der Waals surface area (Å²) in [5.74, 6) is -3.16. The van der Waals surface area contributed by atoms with E-state index in [0.717, 1.165) is 11.0 Å². The van der Waals surface area contributed by atoms with Crippen LogP contribution in [0.25, 0.3) is 0 Å². The van der Waals surface area contributed by atoms with Crippen molar-refractivity contribution in [2.45, 2.75) is 29.4 Å². The summed E-state index contributed by atoms with van der Waals surface area (Å²) in [6.07, 6.45) is 1.08. The predicted molar refractivity (Wildman–Crippen MR) is 85.1 cm³/mol. The molecule has 1 aliphatic heterocycles. The fourth-order valence-corrected chi connectivity index (χ4v) is 4.52. The Bertz CT molecular complexity index is 828. The third kappa shape index (κ3) is 2.33. The van der Waals surface area contributed by atoms with Crippen LogP contribution in [0.15, 0.2) is 46.9 Å². The molecule has 0 saturated carbocycles. The topological polar surface area (TPSA) is 108 Å². The van der Waals surface area contributed by atoms with Gasteiger partial charge in [0, 0.05) is 13.7 Å². The minimum atomic E-state index is -4.36. The average molecular weight is 350 g/mol. The SMILES string of the molecule is CCOC1(O)C=C(C)C(C#N)(S(=O)(=O)c2ccccc2)C(=O)N1C. The Kier molecular flexibility index (Phi) is 4.55. The molecule has 2 rings (SSSR count). The van der Waals surface area contributed by atoms with Crippen LogP contribution < -0.4 is 0 Å². The van der Waals surface area contributed by atoms with Gasteiger partial charge in [0.2, 0.25) is 9.84 Å². The summed E-state index contributed by atoms with van der Waals surface area (Å²) in [5, 5.41) is 20.1. The monoisotopic (exact) mass is 350 g/mol. The fourth-order valence-electron chi connectivity index (χ4n) is 2.68. The molecule has 1 N–H and O–H groups in total. The van der Waals surface area contributed by atoms with Crippen molar-refractivity contribution in [1.82, 2.24) is 4.90 Å². The highest BCUT2D eigenvalue weighted by Crippen LogP contribution is 2.40. The number of nitriles is 1. The van der Waals surface area contributed by atoms with Crippen molar-refractivity contribution in [1.29, 1.82) is 5.26 Å². The fraction of sp³-hybridized carbons (Fsp3) is 0.375. The second-order valence-electron chi connectivity index (χ2n) is 5.39. The third-order valence-corrected chi connectivity index (χ3v) is 6.30. The number of hydrogen-bond acceptors (Lipinski definition) is 6. The number of ether oxygens (including phenoxy) is 1. The van der Waals surface area contributed by atoms with Crippen molar-refractivity contribution in [3.8, 4) is 6.07 Å². The molecule has 7 nitrogen and oxygen atoms in total. The number of sulfone groups is 1. The summed E-state index contributed by atoms with van der Waals surface area (Å²) in [6, 6.07) is 8.92. The zero-order valence-corrected chi connectivity index (χ0v) is 14.4. The van der Waals surface area contributed by atoms with Crippen molar-refractivity contribution in [2.24, 2.45) is 0 Å². The van der Waals surface area contributed by atoms with Gasteiger partial charge in [-0.15, -0.1) is 0 Å². The first-order valence-electron chi connectivity index (χ1n) is 7.23. The summed E-state index contributed by atoms with van der Waals surface area (Å²) in [4.78, 5) is 13.4. The van der Waals surface area contributed by atoms with Gasteiger partial charge in [-0.1, -0.05) is 18.2 Å². The number of carbonyl (C=O) groups excluding carboxylic acids is 1. The van der Waals surface area contributed by atoms with Crippen LogP contribution in [0.3, 0.4) is 0 Å². The number of likely N-dealkylation sites (N-methyl/N-ethyl adjacent to an activating group) is 1. The van der Waals surface area contributed by atoms with E-state index >= 15 is 0 Å². The zero-order chi connectivity index (χ0) is 18.2. The van der Waals surface area contributed by atoms with Gasteiger partial charge in [-0.3, -0.25) is 9.69 Å². The Morgan fingerprint density at radius 3 is 2.42 bits per heavy atom. The number of hydrogen-bond donors (Lipinski definition) is 1. The predicted octanol–water partition coefficient (Wildman–Crippen LogP) is 0.824. The number of carbonyl (C=O) groups is 1. The molecule has 0 aliphatic carbocycles. The lowest BCUT2D eigenvalue weighted by molar-refractivity contribution is -0.248. The molecular formula is C16H18N2O5S. The maximum atomic E-state index is 13.0. The van der Waals surface area contributed by atoms with Crippen molar-refractivity contribution in [2.75, 3.05) is 13.7 Å². The summed E-state index contributed by atoms with van der Waals surface area (Å²) < 4.78 is 28.8. The molecule has 2 atom stereocenters. The van der Waals surface area contributed by atoms with Gasteiger partial charge in [-0.2, -0.15) is 5.26 Å². The minimum Gasteiger partial charge on any atom is -0.345 e. The molecule has 1 amide bonds. The van der Waals surface area contributed by atoms with Gasteiger partial charge < -0.3 is 9.84 Å². The molecule has 8 heteroatoms. The van der Waals surface area contributed by atoms with Gasteiger partial charge in [0.15, 0.2) is 0 Å². The van der Waals surface area contributed by atoms with E-state index < -0.39 is 26.4 Å². The van der Waals surface area contributed by atoms with Crippen LogP contribution in [0.2, 0.25) is 0 Å². The molecule has 1 aromatic carbocycles. The second-order valence-corrected chi connectivity index (χ2v) is 7.48. The smallest absolute Gasteiger partial charge is 0.272 e. The van der Waals surface area contributed by atoms with E-state index in [0.29, 0.717) is 0 Å². The Morgan fingerprint density at radius 1 is 1.33 bits per heavy atom. The van der Waals surface area contributed by atoms with E-state index in [9.17, 15) is 23.6 Å². The highest BCUT2D eigenvalue weighted by atomic mass is 32.2. The molecule has 128 valence electrons.